The first kappa shape index (κ1) is 17.3. The normalized spacial score (nSPS) is 17.2. The van der Waals surface area contributed by atoms with E-state index in [0.29, 0.717) is 17.8 Å². The van der Waals surface area contributed by atoms with Gasteiger partial charge in [0.25, 0.3) is 11.5 Å². The molecule has 1 aliphatic rings. The van der Waals surface area contributed by atoms with Crippen molar-refractivity contribution in [1.82, 2.24) is 25.1 Å². The quantitative estimate of drug-likeness (QED) is 0.729. The van der Waals surface area contributed by atoms with Crippen molar-refractivity contribution in [1.29, 1.82) is 0 Å². The lowest BCUT2D eigenvalue weighted by Crippen LogP contribution is -2.47. The van der Waals surface area contributed by atoms with E-state index in [1.807, 2.05) is 12.1 Å². The van der Waals surface area contributed by atoms with Crippen molar-refractivity contribution < 1.29 is 4.79 Å². The van der Waals surface area contributed by atoms with Gasteiger partial charge in [0, 0.05) is 50.0 Å². The highest BCUT2D eigenvalue weighted by Crippen LogP contribution is 2.22. The van der Waals surface area contributed by atoms with Crippen molar-refractivity contribution in [3.63, 3.8) is 0 Å². The van der Waals surface area contributed by atoms with E-state index < -0.39 is 0 Å². The first-order valence-corrected chi connectivity index (χ1v) is 9.15. The summed E-state index contributed by atoms with van der Waals surface area (Å²) >= 11 is 0. The Bertz CT molecular complexity index is 1020. The zero-order chi connectivity index (χ0) is 18.8. The first-order chi connectivity index (χ1) is 13.1. The van der Waals surface area contributed by atoms with Crippen LogP contribution in [0.1, 0.15) is 29.6 Å². The minimum absolute atomic E-state index is 0.117. The molecule has 0 aliphatic carbocycles. The zero-order valence-electron chi connectivity index (χ0n) is 15.2. The number of hydrogen-bond acceptors (Lipinski definition) is 5. The molecule has 1 unspecified atom stereocenters. The fraction of sp³-hybridized carbons (Fsp3) is 0.368. The molecule has 1 aliphatic heterocycles. The summed E-state index contributed by atoms with van der Waals surface area (Å²) in [6.07, 6.45) is 6.55. The molecule has 4 heterocycles. The molecule has 0 spiro atoms. The van der Waals surface area contributed by atoms with E-state index in [2.05, 4.69) is 25.3 Å². The van der Waals surface area contributed by atoms with Crippen LogP contribution in [0.15, 0.2) is 41.5 Å². The monoisotopic (exact) mass is 366 g/mol. The third kappa shape index (κ3) is 3.42. The van der Waals surface area contributed by atoms with Gasteiger partial charge in [0.1, 0.15) is 11.5 Å². The van der Waals surface area contributed by atoms with Gasteiger partial charge in [-0.25, -0.2) is 9.67 Å². The number of aromatic nitrogens is 4. The van der Waals surface area contributed by atoms with Crippen LogP contribution in [0.25, 0.3) is 11.0 Å². The lowest BCUT2D eigenvalue weighted by atomic mass is 10.0. The van der Waals surface area contributed by atoms with E-state index in [-0.39, 0.29) is 17.5 Å². The molecule has 8 nitrogen and oxygen atoms in total. The Labute approximate surface area is 156 Å². The molecule has 0 bridgehead atoms. The number of amides is 1. The van der Waals surface area contributed by atoms with Crippen molar-refractivity contribution in [3.05, 3.63) is 52.6 Å². The molecule has 1 amide bonds. The van der Waals surface area contributed by atoms with Gasteiger partial charge in [0.15, 0.2) is 0 Å². The third-order valence-corrected chi connectivity index (χ3v) is 5.06. The molecule has 4 rings (SSSR count). The zero-order valence-corrected chi connectivity index (χ0v) is 15.2. The highest BCUT2D eigenvalue weighted by Gasteiger charge is 2.25. The number of nitrogens with zero attached hydrogens (tertiary/aromatic N) is 4. The number of nitrogens with one attached hydrogen (secondary N) is 2. The first-order valence-electron chi connectivity index (χ1n) is 9.15. The highest BCUT2D eigenvalue weighted by atomic mass is 16.1. The Morgan fingerprint density at radius 3 is 3.07 bits per heavy atom. The van der Waals surface area contributed by atoms with Crippen molar-refractivity contribution in [3.8, 4) is 0 Å². The summed E-state index contributed by atoms with van der Waals surface area (Å²) in [6, 6.07) is 7.14. The summed E-state index contributed by atoms with van der Waals surface area (Å²) in [5.41, 5.74) is 1.17. The second kappa shape index (κ2) is 7.22. The lowest BCUT2D eigenvalue weighted by molar-refractivity contribution is 0.0951. The summed E-state index contributed by atoms with van der Waals surface area (Å²) in [5.74, 6) is 0.653. The number of carbonyl (C=O) groups excluding carboxylic acids is 1. The van der Waals surface area contributed by atoms with E-state index in [0.717, 1.165) is 37.0 Å². The molecule has 0 aromatic carbocycles. The Hall–Kier alpha value is -3.16. The standard InChI is InChI=1S/C19H22N6O2/c1-24-17(26)8-7-16(23-24)25-10-3-2-5-13(25)11-22-19(27)15-12-21-18-14(15)6-4-9-20-18/h4,6-9,12-13H,2-3,5,10-11H2,1H3,(H,20,21)(H,22,27). The van der Waals surface area contributed by atoms with Crippen LogP contribution in [0.2, 0.25) is 0 Å². The molecule has 3 aromatic heterocycles. The molecule has 27 heavy (non-hydrogen) atoms. The number of carbonyl (C=O) groups is 1. The van der Waals surface area contributed by atoms with Crippen molar-refractivity contribution in [2.75, 3.05) is 18.0 Å². The number of H-pyrrole nitrogens is 1. The number of aryl methyl sites for hydroxylation is 1. The fourth-order valence-electron chi connectivity index (χ4n) is 3.61. The van der Waals surface area contributed by atoms with E-state index in [1.165, 1.54) is 10.7 Å². The van der Waals surface area contributed by atoms with E-state index in [4.69, 9.17) is 0 Å². The highest BCUT2D eigenvalue weighted by molar-refractivity contribution is 6.05. The molecule has 140 valence electrons. The summed E-state index contributed by atoms with van der Waals surface area (Å²) in [4.78, 5) is 33.7. The molecule has 0 saturated carbocycles. The summed E-state index contributed by atoms with van der Waals surface area (Å²) in [7, 11) is 1.65. The Morgan fingerprint density at radius 1 is 1.33 bits per heavy atom. The summed E-state index contributed by atoms with van der Waals surface area (Å²) in [5, 5.41) is 8.23. The van der Waals surface area contributed by atoms with Gasteiger partial charge in [-0.1, -0.05) is 0 Å². The third-order valence-electron chi connectivity index (χ3n) is 5.06. The molecular weight excluding hydrogens is 344 g/mol. The number of piperidine rings is 1. The summed E-state index contributed by atoms with van der Waals surface area (Å²) in [6.45, 7) is 1.39. The van der Waals surface area contributed by atoms with Gasteiger partial charge >= 0.3 is 0 Å². The number of aromatic amines is 1. The number of pyridine rings is 1. The molecular formula is C19H22N6O2. The Balaban J connectivity index is 1.49. The van der Waals surface area contributed by atoms with Gasteiger partial charge in [0.2, 0.25) is 0 Å². The maximum atomic E-state index is 12.7. The van der Waals surface area contributed by atoms with Crippen molar-refractivity contribution in [2.24, 2.45) is 7.05 Å². The number of anilines is 1. The maximum absolute atomic E-state index is 12.7. The molecule has 1 saturated heterocycles. The lowest BCUT2D eigenvalue weighted by Gasteiger charge is -2.36. The van der Waals surface area contributed by atoms with E-state index in [1.54, 1.807) is 25.5 Å². The van der Waals surface area contributed by atoms with Crippen LogP contribution in [0, 0.1) is 0 Å². The van der Waals surface area contributed by atoms with Crippen LogP contribution in [0.3, 0.4) is 0 Å². The average molecular weight is 366 g/mol. The number of rotatable bonds is 4. The SMILES string of the molecule is Cn1nc(N2CCCCC2CNC(=O)c2c[nH]c3ncccc23)ccc1=O. The number of hydrogen-bond donors (Lipinski definition) is 2. The van der Waals surface area contributed by atoms with Gasteiger partial charge in [-0.3, -0.25) is 9.59 Å². The molecule has 0 radical (unpaired) electrons. The largest absolute Gasteiger partial charge is 0.350 e. The van der Waals surface area contributed by atoms with Crippen molar-refractivity contribution in [2.45, 2.75) is 25.3 Å². The van der Waals surface area contributed by atoms with Crippen LogP contribution in [-0.2, 0) is 7.05 Å². The van der Waals surface area contributed by atoms with E-state index >= 15 is 0 Å². The van der Waals surface area contributed by atoms with Gasteiger partial charge in [-0.05, 0) is 37.5 Å². The predicted molar refractivity (Wildman–Crippen MR) is 103 cm³/mol. The Kier molecular flexibility index (Phi) is 4.62. The Morgan fingerprint density at radius 2 is 2.22 bits per heavy atom. The van der Waals surface area contributed by atoms with Crippen LogP contribution < -0.4 is 15.8 Å². The fourth-order valence-corrected chi connectivity index (χ4v) is 3.61. The molecule has 8 heteroatoms. The molecule has 3 aromatic rings. The van der Waals surface area contributed by atoms with Crippen LogP contribution in [0.4, 0.5) is 5.82 Å². The van der Waals surface area contributed by atoms with Crippen LogP contribution >= 0.6 is 0 Å². The smallest absolute Gasteiger partial charge is 0.266 e. The van der Waals surface area contributed by atoms with Crippen molar-refractivity contribution >= 4 is 22.8 Å². The maximum Gasteiger partial charge on any atom is 0.266 e. The minimum atomic E-state index is -0.131. The van der Waals surface area contributed by atoms with Gasteiger partial charge in [-0.15, -0.1) is 0 Å². The van der Waals surface area contributed by atoms with E-state index in [9.17, 15) is 9.59 Å². The second-order valence-electron chi connectivity index (χ2n) is 6.81. The molecule has 1 fully saturated rings. The topological polar surface area (TPSA) is 95.9 Å². The predicted octanol–water partition coefficient (Wildman–Crippen LogP) is 1.45. The number of fused-ring (bicyclic) bond motifs is 1. The second-order valence-corrected chi connectivity index (χ2v) is 6.81. The van der Waals surface area contributed by atoms with Crippen LogP contribution in [-0.4, -0.2) is 44.8 Å². The molecule has 2 N–H and O–H groups in total. The van der Waals surface area contributed by atoms with Crippen LogP contribution in [0.5, 0.6) is 0 Å². The molecule has 1 atom stereocenters. The van der Waals surface area contributed by atoms with Gasteiger partial charge < -0.3 is 15.2 Å². The summed E-state index contributed by atoms with van der Waals surface area (Å²) < 4.78 is 1.35. The average Bonchev–Trinajstić information content (AvgIpc) is 3.13. The van der Waals surface area contributed by atoms with Gasteiger partial charge in [-0.2, -0.15) is 5.10 Å². The minimum Gasteiger partial charge on any atom is -0.350 e. The van der Waals surface area contributed by atoms with Gasteiger partial charge in [0.05, 0.1) is 5.56 Å².